The first-order valence-corrected chi connectivity index (χ1v) is 6.03. The average molecular weight is 259 g/mol. The fourth-order valence-electron chi connectivity index (χ4n) is 1.50. The Morgan fingerprint density at radius 2 is 1.84 bits per heavy atom. The number of nitrogens with zero attached hydrogens (tertiary/aromatic N) is 1. The van der Waals surface area contributed by atoms with E-state index in [2.05, 4.69) is 10.6 Å². The third-order valence-electron chi connectivity index (χ3n) is 2.74. The van der Waals surface area contributed by atoms with E-state index < -0.39 is 0 Å². The number of nitriles is 1. The van der Waals surface area contributed by atoms with E-state index in [0.29, 0.717) is 18.7 Å². The van der Waals surface area contributed by atoms with Crippen molar-refractivity contribution in [3.8, 4) is 6.07 Å². The number of rotatable bonds is 5. The highest BCUT2D eigenvalue weighted by atomic mass is 16.2. The van der Waals surface area contributed by atoms with E-state index in [0.717, 1.165) is 11.1 Å². The molecule has 0 heterocycles. The second kappa shape index (κ2) is 7.17. The topological polar surface area (TPSA) is 82.0 Å². The second-order valence-corrected chi connectivity index (χ2v) is 4.24. The highest BCUT2D eigenvalue weighted by Gasteiger charge is 2.06. The van der Waals surface area contributed by atoms with Crippen LogP contribution in [0.25, 0.3) is 0 Å². The zero-order valence-corrected chi connectivity index (χ0v) is 11.1. The molecule has 1 aromatic carbocycles. The van der Waals surface area contributed by atoms with Crippen molar-refractivity contribution in [3.63, 3.8) is 0 Å². The number of amides is 2. The predicted molar refractivity (Wildman–Crippen MR) is 71.5 cm³/mol. The highest BCUT2D eigenvalue weighted by molar-refractivity contribution is 5.94. The molecule has 0 spiro atoms. The van der Waals surface area contributed by atoms with Crippen molar-refractivity contribution in [2.45, 2.75) is 20.3 Å². The van der Waals surface area contributed by atoms with Crippen LogP contribution in [0.4, 0.5) is 0 Å². The molecule has 0 saturated carbocycles. The van der Waals surface area contributed by atoms with Gasteiger partial charge in [0, 0.05) is 18.7 Å². The van der Waals surface area contributed by atoms with Gasteiger partial charge in [-0.15, -0.1) is 0 Å². The van der Waals surface area contributed by atoms with Crippen LogP contribution in [0.2, 0.25) is 0 Å². The normalized spacial score (nSPS) is 9.53. The summed E-state index contributed by atoms with van der Waals surface area (Å²) in [5.41, 5.74) is 2.81. The van der Waals surface area contributed by atoms with Crippen molar-refractivity contribution >= 4 is 11.8 Å². The highest BCUT2D eigenvalue weighted by Crippen LogP contribution is 2.09. The summed E-state index contributed by atoms with van der Waals surface area (Å²) < 4.78 is 0. The minimum atomic E-state index is -0.331. The molecule has 100 valence electrons. The number of aryl methyl sites for hydroxylation is 2. The Kier molecular flexibility index (Phi) is 5.55. The Bertz CT molecular complexity index is 518. The third-order valence-corrected chi connectivity index (χ3v) is 2.74. The Morgan fingerprint density at radius 1 is 1.16 bits per heavy atom. The first-order chi connectivity index (χ1) is 9.04. The lowest BCUT2D eigenvalue weighted by Gasteiger charge is -2.07. The number of nitrogens with one attached hydrogen (secondary N) is 2. The van der Waals surface area contributed by atoms with E-state index in [-0.39, 0.29) is 18.2 Å². The minimum Gasteiger partial charge on any atom is -0.353 e. The molecule has 2 amide bonds. The molecule has 0 aromatic heterocycles. The van der Waals surface area contributed by atoms with E-state index >= 15 is 0 Å². The van der Waals surface area contributed by atoms with Gasteiger partial charge in [-0.05, 0) is 37.1 Å². The molecule has 1 rings (SSSR count). The van der Waals surface area contributed by atoms with Gasteiger partial charge in [0.05, 0.1) is 6.07 Å². The zero-order valence-electron chi connectivity index (χ0n) is 11.1. The lowest BCUT2D eigenvalue weighted by atomic mass is 10.1. The van der Waals surface area contributed by atoms with Gasteiger partial charge in [0.25, 0.3) is 5.91 Å². The van der Waals surface area contributed by atoms with Gasteiger partial charge in [0.2, 0.25) is 5.91 Å². The van der Waals surface area contributed by atoms with E-state index in [1.807, 2.05) is 26.0 Å². The van der Waals surface area contributed by atoms with Gasteiger partial charge in [-0.3, -0.25) is 9.59 Å². The maximum absolute atomic E-state index is 11.8. The Morgan fingerprint density at radius 3 is 2.47 bits per heavy atom. The van der Waals surface area contributed by atoms with Gasteiger partial charge in [-0.1, -0.05) is 6.07 Å². The van der Waals surface area contributed by atoms with Gasteiger partial charge < -0.3 is 10.6 Å². The molecule has 0 aliphatic carbocycles. The zero-order chi connectivity index (χ0) is 14.3. The molecular formula is C14H17N3O2. The van der Waals surface area contributed by atoms with Gasteiger partial charge in [0.15, 0.2) is 0 Å². The first-order valence-electron chi connectivity index (χ1n) is 6.03. The summed E-state index contributed by atoms with van der Waals surface area (Å²) in [7, 11) is 0. The molecule has 0 radical (unpaired) electrons. The van der Waals surface area contributed by atoms with Crippen LogP contribution >= 0.6 is 0 Å². The van der Waals surface area contributed by atoms with Crippen LogP contribution in [0.15, 0.2) is 18.2 Å². The molecule has 0 bridgehead atoms. The number of hydrogen-bond acceptors (Lipinski definition) is 3. The van der Waals surface area contributed by atoms with Gasteiger partial charge in [-0.25, -0.2) is 0 Å². The van der Waals surface area contributed by atoms with Crippen molar-refractivity contribution in [1.29, 1.82) is 5.26 Å². The lowest BCUT2D eigenvalue weighted by molar-refractivity contribution is -0.120. The monoisotopic (exact) mass is 259 g/mol. The number of benzene rings is 1. The molecule has 5 nitrogen and oxygen atoms in total. The van der Waals surface area contributed by atoms with Crippen LogP contribution < -0.4 is 10.6 Å². The Labute approximate surface area is 112 Å². The van der Waals surface area contributed by atoms with E-state index in [4.69, 9.17) is 5.26 Å². The third kappa shape index (κ3) is 4.80. The van der Waals surface area contributed by atoms with E-state index in [1.165, 1.54) is 0 Å². The quantitative estimate of drug-likeness (QED) is 0.776. The maximum atomic E-state index is 11.8. The van der Waals surface area contributed by atoms with Gasteiger partial charge in [0.1, 0.15) is 6.42 Å². The number of carbonyl (C=O) groups is 2. The molecule has 0 aliphatic rings. The van der Waals surface area contributed by atoms with Crippen LogP contribution in [0.3, 0.4) is 0 Å². The van der Waals surface area contributed by atoms with Crippen molar-refractivity contribution in [2.75, 3.05) is 13.1 Å². The number of hydrogen-bond donors (Lipinski definition) is 2. The van der Waals surface area contributed by atoms with Crippen LogP contribution in [0.1, 0.15) is 27.9 Å². The van der Waals surface area contributed by atoms with Crippen LogP contribution in [-0.4, -0.2) is 24.9 Å². The molecule has 0 aliphatic heterocycles. The molecule has 0 fully saturated rings. The van der Waals surface area contributed by atoms with E-state index in [1.54, 1.807) is 12.1 Å². The standard InChI is InChI=1S/C14H17N3O2/c1-10-3-4-12(9-11(10)2)14(19)17-8-7-16-13(18)5-6-15/h3-4,9H,5,7-8H2,1-2H3,(H,16,18)(H,17,19). The van der Waals surface area contributed by atoms with Crippen molar-refractivity contribution in [3.05, 3.63) is 34.9 Å². The fourth-order valence-corrected chi connectivity index (χ4v) is 1.50. The van der Waals surface area contributed by atoms with E-state index in [9.17, 15) is 9.59 Å². The largest absolute Gasteiger partial charge is 0.353 e. The molecular weight excluding hydrogens is 242 g/mol. The molecule has 0 unspecified atom stereocenters. The van der Waals surface area contributed by atoms with Crippen molar-refractivity contribution in [2.24, 2.45) is 0 Å². The summed E-state index contributed by atoms with van der Waals surface area (Å²) in [5.74, 6) is -0.499. The van der Waals surface area contributed by atoms with Crippen molar-refractivity contribution in [1.82, 2.24) is 10.6 Å². The van der Waals surface area contributed by atoms with Crippen LogP contribution in [0, 0.1) is 25.2 Å². The lowest BCUT2D eigenvalue weighted by Crippen LogP contribution is -2.34. The summed E-state index contributed by atoms with van der Waals surface area (Å²) in [6, 6.07) is 7.26. The number of carbonyl (C=O) groups excluding carboxylic acids is 2. The SMILES string of the molecule is Cc1ccc(C(=O)NCCNC(=O)CC#N)cc1C. The molecule has 1 aromatic rings. The first kappa shape index (κ1) is 14.7. The van der Waals surface area contributed by atoms with Crippen LogP contribution in [0.5, 0.6) is 0 Å². The summed E-state index contributed by atoms with van der Waals surface area (Å²) in [4.78, 5) is 22.8. The average Bonchev–Trinajstić information content (AvgIpc) is 2.38. The molecule has 5 heteroatoms. The molecule has 2 N–H and O–H groups in total. The van der Waals surface area contributed by atoms with Crippen LogP contribution in [-0.2, 0) is 4.79 Å². The fraction of sp³-hybridized carbons (Fsp3) is 0.357. The summed E-state index contributed by atoms with van der Waals surface area (Å²) in [6.07, 6.45) is -0.162. The Hall–Kier alpha value is -2.35. The maximum Gasteiger partial charge on any atom is 0.251 e. The molecule has 19 heavy (non-hydrogen) atoms. The summed E-state index contributed by atoms with van der Waals surface area (Å²) in [5, 5.41) is 13.5. The Balaban J connectivity index is 2.37. The van der Waals surface area contributed by atoms with Gasteiger partial charge in [-0.2, -0.15) is 5.26 Å². The second-order valence-electron chi connectivity index (χ2n) is 4.24. The smallest absolute Gasteiger partial charge is 0.251 e. The van der Waals surface area contributed by atoms with Crippen molar-refractivity contribution < 1.29 is 9.59 Å². The molecule has 0 atom stereocenters. The molecule has 0 saturated heterocycles. The predicted octanol–water partition coefficient (Wildman–Crippen LogP) is 1.06. The van der Waals surface area contributed by atoms with Gasteiger partial charge >= 0.3 is 0 Å². The summed E-state index contributed by atoms with van der Waals surface area (Å²) in [6.45, 7) is 4.59. The minimum absolute atomic E-state index is 0.162. The summed E-state index contributed by atoms with van der Waals surface area (Å²) >= 11 is 0.